The van der Waals surface area contributed by atoms with Crippen molar-refractivity contribution in [2.45, 2.75) is 12.5 Å². The summed E-state index contributed by atoms with van der Waals surface area (Å²) in [5.41, 5.74) is 2.15. The number of nitrogens with zero attached hydrogens (tertiary/aromatic N) is 3. The average molecular weight is 547 g/mol. The summed E-state index contributed by atoms with van der Waals surface area (Å²) < 4.78 is 6.11. The molecule has 6 rings (SSSR count). The summed E-state index contributed by atoms with van der Waals surface area (Å²) in [6, 6.07) is 12.3. The van der Waals surface area contributed by atoms with Crippen LogP contribution in [0.1, 0.15) is 6.42 Å². The number of piperazine rings is 1. The minimum absolute atomic E-state index is 0.243. The monoisotopic (exact) mass is 546 g/mol. The fourth-order valence-corrected chi connectivity index (χ4v) is 6.25. The van der Waals surface area contributed by atoms with E-state index in [4.69, 9.17) is 14.7 Å². The molecule has 0 aliphatic carbocycles. The molecule has 2 aliphatic rings. The van der Waals surface area contributed by atoms with Gasteiger partial charge in [0.15, 0.2) is 5.82 Å². The maximum Gasteiger partial charge on any atom is 0.274 e. The lowest BCUT2D eigenvalue weighted by atomic mass is 10.1. The van der Waals surface area contributed by atoms with Crippen LogP contribution in [0.3, 0.4) is 0 Å². The van der Waals surface area contributed by atoms with E-state index in [1.807, 2.05) is 41.8 Å². The third kappa shape index (κ3) is 4.93. The van der Waals surface area contributed by atoms with Gasteiger partial charge in [-0.25, -0.2) is 9.97 Å². The number of rotatable bonds is 8. The molecule has 1 aromatic carbocycles. The van der Waals surface area contributed by atoms with Gasteiger partial charge in [0.05, 0.1) is 16.9 Å². The topological polar surface area (TPSA) is 108 Å². The molecule has 3 aromatic heterocycles. The van der Waals surface area contributed by atoms with Crippen LogP contribution in [0.25, 0.3) is 32.0 Å². The molecule has 3 N–H and O–H groups in total. The molecule has 0 spiro atoms. The zero-order valence-electron chi connectivity index (χ0n) is 20.7. The SMILES string of the molecule is CN(C1=CC(=O)NC1=O)c1nc(-c2cccs2)nc2scc(-c3cccc(OCCC4CNCCN4)c3)c12. The highest BCUT2D eigenvalue weighted by Crippen LogP contribution is 2.41. The molecule has 1 fully saturated rings. The van der Waals surface area contributed by atoms with Crippen LogP contribution in [-0.4, -0.2) is 61.1 Å². The molecule has 0 bridgehead atoms. The number of carbonyl (C=O) groups is 2. The summed E-state index contributed by atoms with van der Waals surface area (Å²) in [5.74, 6) is 1.05. The maximum absolute atomic E-state index is 12.5. The predicted molar refractivity (Wildman–Crippen MR) is 151 cm³/mol. The van der Waals surface area contributed by atoms with E-state index in [9.17, 15) is 9.59 Å². The van der Waals surface area contributed by atoms with Gasteiger partial charge in [0.2, 0.25) is 0 Å². The predicted octanol–water partition coefficient (Wildman–Crippen LogP) is 3.39. The van der Waals surface area contributed by atoms with Crippen LogP contribution >= 0.6 is 22.7 Å². The fraction of sp³-hybridized carbons (Fsp3) is 0.259. The number of carbonyl (C=O) groups excluding carboxylic acids is 2. The lowest BCUT2D eigenvalue weighted by Crippen LogP contribution is -2.48. The summed E-state index contributed by atoms with van der Waals surface area (Å²) in [6.45, 7) is 3.55. The van der Waals surface area contributed by atoms with Gasteiger partial charge in [-0.3, -0.25) is 14.9 Å². The van der Waals surface area contributed by atoms with Crippen LogP contribution < -0.4 is 25.6 Å². The fourth-order valence-electron chi connectivity index (χ4n) is 4.65. The summed E-state index contributed by atoms with van der Waals surface area (Å²) in [5, 5.41) is 14.1. The molecule has 4 aromatic rings. The number of benzene rings is 1. The van der Waals surface area contributed by atoms with Gasteiger partial charge < -0.3 is 20.3 Å². The number of thiophene rings is 2. The van der Waals surface area contributed by atoms with E-state index in [1.54, 1.807) is 23.3 Å². The Bertz CT molecular complexity index is 1530. The number of hydrogen-bond donors (Lipinski definition) is 3. The molecule has 1 saturated heterocycles. The summed E-state index contributed by atoms with van der Waals surface area (Å²) >= 11 is 3.07. The Morgan fingerprint density at radius 3 is 2.82 bits per heavy atom. The largest absolute Gasteiger partial charge is 0.494 e. The van der Waals surface area contributed by atoms with Crippen LogP contribution in [0.5, 0.6) is 5.75 Å². The molecular formula is C27H26N6O3S2. The van der Waals surface area contributed by atoms with Crippen LogP contribution in [0.15, 0.2) is 58.9 Å². The highest BCUT2D eigenvalue weighted by molar-refractivity contribution is 7.17. The summed E-state index contributed by atoms with van der Waals surface area (Å²) in [7, 11) is 1.75. The third-order valence-corrected chi connectivity index (χ3v) is 8.32. The van der Waals surface area contributed by atoms with Crippen molar-refractivity contribution in [3.63, 3.8) is 0 Å². The first-order valence-electron chi connectivity index (χ1n) is 12.4. The van der Waals surface area contributed by atoms with Gasteiger partial charge in [-0.2, -0.15) is 0 Å². The van der Waals surface area contributed by atoms with Gasteiger partial charge in [0.1, 0.15) is 22.1 Å². The number of fused-ring (bicyclic) bond motifs is 1. The summed E-state index contributed by atoms with van der Waals surface area (Å²) in [6.07, 6.45) is 2.22. The second-order valence-corrected chi connectivity index (χ2v) is 10.9. The highest BCUT2D eigenvalue weighted by atomic mass is 32.1. The molecule has 194 valence electrons. The minimum atomic E-state index is -0.447. The van der Waals surface area contributed by atoms with Crippen molar-refractivity contribution < 1.29 is 14.3 Å². The second kappa shape index (κ2) is 10.6. The lowest BCUT2D eigenvalue weighted by molar-refractivity contribution is -0.123. The third-order valence-electron chi connectivity index (χ3n) is 6.58. The van der Waals surface area contributed by atoms with Gasteiger partial charge in [-0.05, 0) is 35.6 Å². The number of ether oxygens (including phenoxy) is 1. The van der Waals surface area contributed by atoms with Crippen molar-refractivity contribution in [2.75, 3.05) is 38.2 Å². The number of nitrogens with one attached hydrogen (secondary N) is 3. The standard InChI is InChI=1S/C27H26N6O3S2/c1-33(20-13-22(34)30-26(20)35)25-23-19(15-38-27(23)32-24(31-25)21-6-3-11-37-21)16-4-2-5-18(12-16)36-10-7-17-14-28-8-9-29-17/h2-6,11-13,15,17,28-29H,7-10,14H2,1H3,(H,30,34,35). The van der Waals surface area contributed by atoms with Crippen molar-refractivity contribution in [1.29, 1.82) is 0 Å². The van der Waals surface area contributed by atoms with Crippen LogP contribution in [0.2, 0.25) is 0 Å². The van der Waals surface area contributed by atoms with Gasteiger partial charge in [-0.15, -0.1) is 22.7 Å². The number of imide groups is 1. The first-order valence-corrected chi connectivity index (χ1v) is 14.1. The van der Waals surface area contributed by atoms with E-state index in [1.165, 1.54) is 17.4 Å². The average Bonchev–Trinajstić information content (AvgIpc) is 3.69. The molecule has 1 unspecified atom stereocenters. The lowest BCUT2D eigenvalue weighted by Gasteiger charge is -2.24. The highest BCUT2D eigenvalue weighted by Gasteiger charge is 2.28. The van der Waals surface area contributed by atoms with Crippen LogP contribution in [0, 0.1) is 0 Å². The van der Waals surface area contributed by atoms with Gasteiger partial charge in [0.25, 0.3) is 11.8 Å². The Labute approximate surface area is 227 Å². The molecule has 5 heterocycles. The van der Waals surface area contributed by atoms with E-state index < -0.39 is 11.8 Å². The molecule has 38 heavy (non-hydrogen) atoms. The zero-order valence-corrected chi connectivity index (χ0v) is 22.3. The molecular weight excluding hydrogens is 520 g/mol. The van der Waals surface area contributed by atoms with Crippen LogP contribution in [0.4, 0.5) is 5.82 Å². The van der Waals surface area contributed by atoms with E-state index >= 15 is 0 Å². The van der Waals surface area contributed by atoms with Crippen LogP contribution in [-0.2, 0) is 9.59 Å². The molecule has 9 nitrogen and oxygen atoms in total. The number of hydrogen-bond acceptors (Lipinski definition) is 10. The number of anilines is 1. The molecule has 2 aliphatic heterocycles. The Kier molecular flexibility index (Phi) is 6.90. The zero-order chi connectivity index (χ0) is 26.1. The van der Waals surface area contributed by atoms with Gasteiger partial charge >= 0.3 is 0 Å². The molecule has 1 atom stereocenters. The van der Waals surface area contributed by atoms with E-state index in [0.717, 1.165) is 58.0 Å². The molecule has 0 radical (unpaired) electrons. The Balaban J connectivity index is 1.36. The Morgan fingerprint density at radius 1 is 1.13 bits per heavy atom. The number of aromatic nitrogens is 2. The first kappa shape index (κ1) is 24.7. The van der Waals surface area contributed by atoms with E-state index in [0.29, 0.717) is 24.3 Å². The van der Waals surface area contributed by atoms with Crippen molar-refractivity contribution in [3.05, 3.63) is 58.9 Å². The quantitative estimate of drug-likeness (QED) is 0.289. The molecule has 0 saturated carbocycles. The summed E-state index contributed by atoms with van der Waals surface area (Å²) in [4.78, 5) is 37.5. The number of likely N-dealkylation sites (N-methyl/N-ethyl adjacent to an activating group) is 1. The number of amides is 2. The van der Waals surface area contributed by atoms with E-state index in [-0.39, 0.29) is 5.70 Å². The second-order valence-electron chi connectivity index (χ2n) is 9.10. The molecule has 2 amide bonds. The van der Waals surface area contributed by atoms with Crippen molar-refractivity contribution >= 4 is 50.5 Å². The normalized spacial score (nSPS) is 17.5. The van der Waals surface area contributed by atoms with Crippen molar-refractivity contribution in [3.8, 4) is 27.6 Å². The maximum atomic E-state index is 12.5. The first-order chi connectivity index (χ1) is 18.6. The van der Waals surface area contributed by atoms with E-state index in [2.05, 4.69) is 21.3 Å². The van der Waals surface area contributed by atoms with Crippen molar-refractivity contribution in [2.24, 2.45) is 0 Å². The Hall–Kier alpha value is -3.64. The Morgan fingerprint density at radius 2 is 2.05 bits per heavy atom. The molecule has 11 heteroatoms. The minimum Gasteiger partial charge on any atom is -0.494 e. The van der Waals surface area contributed by atoms with Gasteiger partial charge in [-0.1, -0.05) is 18.2 Å². The van der Waals surface area contributed by atoms with Gasteiger partial charge in [0, 0.05) is 49.7 Å². The smallest absolute Gasteiger partial charge is 0.274 e. The van der Waals surface area contributed by atoms with Crippen molar-refractivity contribution in [1.82, 2.24) is 25.9 Å².